The quantitative estimate of drug-likeness (QED) is 0.803. The van der Waals surface area contributed by atoms with Gasteiger partial charge in [-0.1, -0.05) is 0 Å². The van der Waals surface area contributed by atoms with Gasteiger partial charge in [0.05, 0.1) is 6.61 Å². The van der Waals surface area contributed by atoms with E-state index >= 15 is 0 Å². The lowest BCUT2D eigenvalue weighted by Crippen LogP contribution is -2.20. The Hall–Kier alpha value is -1.00. The van der Waals surface area contributed by atoms with Crippen molar-refractivity contribution in [2.24, 2.45) is 5.73 Å². The summed E-state index contributed by atoms with van der Waals surface area (Å²) in [6.45, 7) is 0.671. The fraction of sp³-hybridized carbons (Fsp3) is 0.636. The lowest BCUT2D eigenvalue weighted by molar-refractivity contribution is 0.200. The molecule has 0 fully saturated rings. The molecule has 1 aromatic heterocycles. The zero-order valence-corrected chi connectivity index (χ0v) is 9.07. The van der Waals surface area contributed by atoms with Gasteiger partial charge in [-0.2, -0.15) is 0 Å². The second-order valence-electron chi connectivity index (χ2n) is 3.93. The number of methoxy groups -OCH3 is 1. The second-order valence-corrected chi connectivity index (χ2v) is 3.93. The highest BCUT2D eigenvalue weighted by Gasteiger charge is 2.18. The number of nitrogens with zero attached hydrogens (tertiary/aromatic N) is 2. The van der Waals surface area contributed by atoms with Crippen LogP contribution in [0.5, 0.6) is 0 Å². The molecule has 1 atom stereocenters. The molecule has 1 aliphatic carbocycles. The van der Waals surface area contributed by atoms with E-state index in [-0.39, 0.29) is 6.04 Å². The highest BCUT2D eigenvalue weighted by atomic mass is 16.5. The first-order valence-electron chi connectivity index (χ1n) is 5.40. The smallest absolute Gasteiger partial charge is 0.130 e. The van der Waals surface area contributed by atoms with Gasteiger partial charge in [-0.3, -0.25) is 0 Å². The molecule has 1 aliphatic rings. The molecule has 0 aromatic carbocycles. The number of fused-ring (bicyclic) bond motifs is 1. The van der Waals surface area contributed by atoms with Gasteiger partial charge in [0.1, 0.15) is 5.82 Å². The third-order valence-electron chi connectivity index (χ3n) is 2.81. The Kier molecular flexibility index (Phi) is 3.28. The van der Waals surface area contributed by atoms with Crippen LogP contribution in [0.2, 0.25) is 0 Å². The number of aryl methyl sites for hydroxylation is 1. The van der Waals surface area contributed by atoms with Gasteiger partial charge in [0.2, 0.25) is 0 Å². The number of hydrogen-bond donors (Lipinski definition) is 1. The van der Waals surface area contributed by atoms with Gasteiger partial charge >= 0.3 is 0 Å². The topological polar surface area (TPSA) is 61.0 Å². The predicted molar refractivity (Wildman–Crippen MR) is 57.5 cm³/mol. The van der Waals surface area contributed by atoms with Crippen molar-refractivity contribution >= 4 is 0 Å². The molecule has 0 saturated heterocycles. The molecule has 1 heterocycles. The van der Waals surface area contributed by atoms with Crippen LogP contribution in [0.1, 0.15) is 36.0 Å². The van der Waals surface area contributed by atoms with Crippen LogP contribution in [-0.4, -0.2) is 23.7 Å². The van der Waals surface area contributed by atoms with Crippen molar-refractivity contribution in [3.63, 3.8) is 0 Å². The minimum absolute atomic E-state index is 0.130. The van der Waals surface area contributed by atoms with Crippen molar-refractivity contribution in [3.8, 4) is 0 Å². The van der Waals surface area contributed by atoms with Crippen molar-refractivity contribution in [1.82, 2.24) is 9.97 Å². The SMILES string of the molecule is COCCc1ncc2c(n1)CCCC2N. The minimum Gasteiger partial charge on any atom is -0.384 e. The molecule has 4 heteroatoms. The van der Waals surface area contributed by atoms with Crippen LogP contribution in [0.15, 0.2) is 6.20 Å². The van der Waals surface area contributed by atoms with Gasteiger partial charge in [-0.05, 0) is 19.3 Å². The van der Waals surface area contributed by atoms with Gasteiger partial charge in [0.25, 0.3) is 0 Å². The first-order valence-corrected chi connectivity index (χ1v) is 5.40. The molecular formula is C11H17N3O. The molecule has 0 saturated carbocycles. The van der Waals surface area contributed by atoms with Gasteiger partial charge in [0, 0.05) is 37.0 Å². The fourth-order valence-corrected chi connectivity index (χ4v) is 1.94. The van der Waals surface area contributed by atoms with E-state index in [2.05, 4.69) is 9.97 Å². The van der Waals surface area contributed by atoms with E-state index < -0.39 is 0 Å². The average molecular weight is 207 g/mol. The number of hydrogen-bond acceptors (Lipinski definition) is 4. The van der Waals surface area contributed by atoms with Gasteiger partial charge < -0.3 is 10.5 Å². The Balaban J connectivity index is 2.18. The molecule has 2 rings (SSSR count). The van der Waals surface area contributed by atoms with Crippen molar-refractivity contribution in [1.29, 1.82) is 0 Å². The molecular weight excluding hydrogens is 190 g/mol. The summed E-state index contributed by atoms with van der Waals surface area (Å²) >= 11 is 0. The third kappa shape index (κ3) is 2.33. The monoisotopic (exact) mass is 207 g/mol. The summed E-state index contributed by atoms with van der Waals surface area (Å²) in [6, 6.07) is 0.130. The summed E-state index contributed by atoms with van der Waals surface area (Å²) in [5.41, 5.74) is 8.25. The fourth-order valence-electron chi connectivity index (χ4n) is 1.94. The van der Waals surface area contributed by atoms with Gasteiger partial charge in [0.15, 0.2) is 0 Å². The summed E-state index contributed by atoms with van der Waals surface area (Å²) in [4.78, 5) is 8.84. The molecule has 4 nitrogen and oxygen atoms in total. The Morgan fingerprint density at radius 1 is 1.60 bits per heavy atom. The van der Waals surface area contributed by atoms with E-state index in [0.29, 0.717) is 6.61 Å². The maximum absolute atomic E-state index is 5.99. The van der Waals surface area contributed by atoms with Crippen LogP contribution >= 0.6 is 0 Å². The van der Waals surface area contributed by atoms with E-state index in [1.54, 1.807) is 7.11 Å². The first kappa shape index (κ1) is 10.5. The maximum atomic E-state index is 5.99. The number of aromatic nitrogens is 2. The molecule has 0 amide bonds. The van der Waals surface area contributed by atoms with E-state index in [1.165, 1.54) is 0 Å². The molecule has 0 radical (unpaired) electrons. The average Bonchev–Trinajstić information content (AvgIpc) is 2.26. The van der Waals surface area contributed by atoms with Gasteiger partial charge in [-0.25, -0.2) is 9.97 Å². The highest BCUT2D eigenvalue weighted by Crippen LogP contribution is 2.25. The van der Waals surface area contributed by atoms with Crippen LogP contribution in [0.4, 0.5) is 0 Å². The predicted octanol–water partition coefficient (Wildman–Crippen LogP) is 1.00. The number of ether oxygens (including phenoxy) is 1. The number of nitrogens with two attached hydrogens (primary N) is 1. The summed E-state index contributed by atoms with van der Waals surface area (Å²) in [6.07, 6.45) is 5.88. The standard InChI is InChI=1S/C11H17N3O/c1-15-6-5-11-13-7-8-9(12)3-2-4-10(8)14-11/h7,9H,2-6,12H2,1H3. The number of rotatable bonds is 3. The van der Waals surface area contributed by atoms with Crippen LogP contribution in [0.3, 0.4) is 0 Å². The maximum Gasteiger partial charge on any atom is 0.130 e. The van der Waals surface area contributed by atoms with Crippen molar-refractivity contribution in [2.75, 3.05) is 13.7 Å². The summed E-state index contributed by atoms with van der Waals surface area (Å²) < 4.78 is 5.01. The van der Waals surface area contributed by atoms with Gasteiger partial charge in [-0.15, -0.1) is 0 Å². The van der Waals surface area contributed by atoms with E-state index in [9.17, 15) is 0 Å². The summed E-state index contributed by atoms with van der Waals surface area (Å²) in [7, 11) is 1.69. The zero-order chi connectivity index (χ0) is 10.7. The molecule has 0 bridgehead atoms. The van der Waals surface area contributed by atoms with E-state index in [1.807, 2.05) is 6.20 Å². The molecule has 15 heavy (non-hydrogen) atoms. The Bertz CT molecular complexity index is 341. The normalized spacial score (nSPS) is 20.0. The van der Waals surface area contributed by atoms with E-state index in [0.717, 1.165) is 42.8 Å². The molecule has 1 unspecified atom stereocenters. The minimum atomic E-state index is 0.130. The van der Waals surface area contributed by atoms with E-state index in [4.69, 9.17) is 10.5 Å². The molecule has 82 valence electrons. The van der Waals surface area contributed by atoms with Crippen molar-refractivity contribution in [2.45, 2.75) is 31.7 Å². The van der Waals surface area contributed by atoms with Crippen LogP contribution in [-0.2, 0) is 17.6 Å². The molecule has 0 spiro atoms. The molecule has 1 aromatic rings. The first-order chi connectivity index (χ1) is 7.31. The Morgan fingerprint density at radius 3 is 3.27 bits per heavy atom. The Morgan fingerprint density at radius 2 is 2.47 bits per heavy atom. The van der Waals surface area contributed by atoms with Crippen molar-refractivity contribution < 1.29 is 4.74 Å². The Labute approximate surface area is 89.9 Å². The van der Waals surface area contributed by atoms with Crippen LogP contribution in [0.25, 0.3) is 0 Å². The zero-order valence-electron chi connectivity index (χ0n) is 9.07. The second kappa shape index (κ2) is 4.68. The molecule has 2 N–H and O–H groups in total. The van der Waals surface area contributed by atoms with Crippen LogP contribution in [0, 0.1) is 0 Å². The highest BCUT2D eigenvalue weighted by molar-refractivity contribution is 5.24. The summed E-state index contributed by atoms with van der Waals surface area (Å²) in [5, 5.41) is 0. The summed E-state index contributed by atoms with van der Waals surface area (Å²) in [5.74, 6) is 0.865. The lowest BCUT2D eigenvalue weighted by Gasteiger charge is -2.20. The molecule has 0 aliphatic heterocycles. The largest absolute Gasteiger partial charge is 0.384 e. The van der Waals surface area contributed by atoms with Crippen LogP contribution < -0.4 is 5.73 Å². The third-order valence-corrected chi connectivity index (χ3v) is 2.81. The van der Waals surface area contributed by atoms with Crippen molar-refractivity contribution in [3.05, 3.63) is 23.3 Å². The lowest BCUT2D eigenvalue weighted by atomic mass is 9.93.